The summed E-state index contributed by atoms with van der Waals surface area (Å²) in [6.07, 6.45) is -0.512. The summed E-state index contributed by atoms with van der Waals surface area (Å²) >= 11 is 6.31. The van der Waals surface area contributed by atoms with Crippen molar-refractivity contribution in [1.29, 1.82) is 0 Å². The molecule has 4 heterocycles. The van der Waals surface area contributed by atoms with Crippen molar-refractivity contribution in [2.45, 2.75) is 39.8 Å². The fraction of sp³-hybridized carbons (Fsp3) is 0.450. The van der Waals surface area contributed by atoms with E-state index in [9.17, 15) is 13.6 Å². The van der Waals surface area contributed by atoms with Crippen LogP contribution in [0.5, 0.6) is 0 Å². The van der Waals surface area contributed by atoms with Crippen LogP contribution in [0.15, 0.2) is 18.3 Å². The van der Waals surface area contributed by atoms with Crippen molar-refractivity contribution in [3.63, 3.8) is 0 Å². The number of aryl methyl sites for hydroxylation is 1. The molecule has 2 aliphatic heterocycles. The van der Waals surface area contributed by atoms with Gasteiger partial charge in [0.1, 0.15) is 5.69 Å². The topological polar surface area (TPSA) is 49.3 Å². The summed E-state index contributed by atoms with van der Waals surface area (Å²) in [5, 5.41) is 0.660. The van der Waals surface area contributed by atoms with Gasteiger partial charge in [-0.15, -0.1) is 0 Å². The van der Waals surface area contributed by atoms with Crippen LogP contribution in [0.4, 0.5) is 14.5 Å². The first-order chi connectivity index (χ1) is 13.3. The van der Waals surface area contributed by atoms with Gasteiger partial charge in [-0.25, -0.2) is 8.78 Å². The third-order valence-electron chi connectivity index (χ3n) is 5.64. The van der Waals surface area contributed by atoms with Crippen LogP contribution >= 0.6 is 11.6 Å². The fourth-order valence-corrected chi connectivity index (χ4v) is 4.23. The molecule has 1 amide bonds. The summed E-state index contributed by atoms with van der Waals surface area (Å²) in [6, 6.07) is 3.11. The molecule has 0 aromatic carbocycles. The first kappa shape index (κ1) is 19.1. The van der Waals surface area contributed by atoms with E-state index in [0.29, 0.717) is 43.3 Å². The average Bonchev–Trinajstić information content (AvgIpc) is 3.33. The molecular weight excluding hydrogens is 386 g/mol. The van der Waals surface area contributed by atoms with Crippen LogP contribution in [0.1, 0.15) is 41.1 Å². The number of anilines is 1. The zero-order valence-electron chi connectivity index (χ0n) is 15.8. The number of fused-ring (bicyclic) bond motifs is 1. The maximum absolute atomic E-state index is 13.1. The third-order valence-corrected chi connectivity index (χ3v) is 6.20. The number of halogens is 3. The largest absolute Gasteiger partial charge is 0.371 e. The van der Waals surface area contributed by atoms with E-state index in [4.69, 9.17) is 11.6 Å². The predicted octanol–water partition coefficient (Wildman–Crippen LogP) is 4.05. The maximum atomic E-state index is 13.1. The Labute approximate surface area is 167 Å². The number of hydrogen-bond donors (Lipinski definition) is 0. The Bertz CT molecular complexity index is 937. The van der Waals surface area contributed by atoms with Gasteiger partial charge in [0, 0.05) is 31.5 Å². The smallest absolute Gasteiger partial charge is 0.280 e. The van der Waals surface area contributed by atoms with Gasteiger partial charge >= 0.3 is 0 Å². The summed E-state index contributed by atoms with van der Waals surface area (Å²) in [5.74, 6) is -0.0776. The Hall–Kier alpha value is -2.28. The minimum Gasteiger partial charge on any atom is -0.371 e. The number of pyridine rings is 2. The zero-order valence-corrected chi connectivity index (χ0v) is 16.5. The van der Waals surface area contributed by atoms with Crippen molar-refractivity contribution in [2.24, 2.45) is 5.92 Å². The second-order valence-corrected chi connectivity index (χ2v) is 7.80. The normalized spacial score (nSPS) is 18.9. The molecule has 0 saturated carbocycles. The lowest BCUT2D eigenvalue weighted by atomic mass is 10.1. The molecule has 0 spiro atoms. The van der Waals surface area contributed by atoms with Crippen LogP contribution in [0.2, 0.25) is 5.02 Å². The van der Waals surface area contributed by atoms with Gasteiger partial charge < -0.3 is 9.80 Å². The number of nitrogens with zero attached hydrogens (tertiary/aromatic N) is 4. The molecule has 0 N–H and O–H groups in total. The van der Waals surface area contributed by atoms with E-state index in [1.165, 1.54) is 12.3 Å². The Kier molecular flexibility index (Phi) is 4.95. The highest BCUT2D eigenvalue weighted by molar-refractivity contribution is 6.32. The third kappa shape index (κ3) is 3.32. The van der Waals surface area contributed by atoms with E-state index in [2.05, 4.69) is 9.97 Å². The van der Waals surface area contributed by atoms with Crippen molar-refractivity contribution in [1.82, 2.24) is 14.9 Å². The monoisotopic (exact) mass is 406 g/mol. The number of carbonyl (C=O) groups excluding carboxylic acids is 1. The van der Waals surface area contributed by atoms with Gasteiger partial charge in [-0.05, 0) is 43.5 Å². The summed E-state index contributed by atoms with van der Waals surface area (Å²) in [6.45, 7) is 6.03. The molecule has 8 heteroatoms. The average molecular weight is 407 g/mol. The lowest BCUT2D eigenvalue weighted by molar-refractivity contribution is -0.135. The molecule has 28 heavy (non-hydrogen) atoms. The van der Waals surface area contributed by atoms with Gasteiger partial charge in [-0.1, -0.05) is 11.6 Å². The summed E-state index contributed by atoms with van der Waals surface area (Å²) < 4.78 is 25.8. The van der Waals surface area contributed by atoms with Crippen molar-refractivity contribution in [3.05, 3.63) is 51.6 Å². The molecule has 2 aliphatic rings. The molecule has 5 nitrogen and oxygen atoms in total. The number of alkyl halides is 2. The van der Waals surface area contributed by atoms with E-state index in [1.54, 1.807) is 6.07 Å². The van der Waals surface area contributed by atoms with Gasteiger partial charge in [0.15, 0.2) is 0 Å². The molecule has 4 rings (SSSR count). The Morgan fingerprint density at radius 1 is 1.32 bits per heavy atom. The lowest BCUT2D eigenvalue weighted by Crippen LogP contribution is -2.34. The molecule has 0 aliphatic carbocycles. The van der Waals surface area contributed by atoms with E-state index >= 15 is 0 Å². The van der Waals surface area contributed by atoms with E-state index in [0.717, 1.165) is 22.5 Å². The molecule has 1 saturated heterocycles. The van der Waals surface area contributed by atoms with Crippen LogP contribution in [0.25, 0.3) is 0 Å². The van der Waals surface area contributed by atoms with E-state index in [-0.39, 0.29) is 17.5 Å². The highest BCUT2D eigenvalue weighted by Crippen LogP contribution is 2.33. The minimum absolute atomic E-state index is 0.0804. The highest BCUT2D eigenvalue weighted by atomic mass is 35.5. The van der Waals surface area contributed by atoms with Crippen molar-refractivity contribution in [3.8, 4) is 0 Å². The predicted molar refractivity (Wildman–Crippen MR) is 102 cm³/mol. The number of aromatic nitrogens is 2. The molecule has 1 fully saturated rings. The van der Waals surface area contributed by atoms with Gasteiger partial charge in [0.05, 0.1) is 28.9 Å². The van der Waals surface area contributed by atoms with Crippen LogP contribution in [0.3, 0.4) is 0 Å². The van der Waals surface area contributed by atoms with Gasteiger partial charge in [-0.2, -0.15) is 0 Å². The number of carbonyl (C=O) groups is 1. The molecule has 2 aromatic heterocycles. The molecule has 0 bridgehead atoms. The van der Waals surface area contributed by atoms with Crippen molar-refractivity contribution < 1.29 is 13.6 Å². The van der Waals surface area contributed by atoms with E-state index < -0.39 is 6.43 Å². The number of hydrogen-bond acceptors (Lipinski definition) is 4. The second-order valence-electron chi connectivity index (χ2n) is 7.43. The van der Waals surface area contributed by atoms with Crippen molar-refractivity contribution >= 4 is 23.2 Å². The second kappa shape index (κ2) is 7.28. The first-order valence-corrected chi connectivity index (χ1v) is 9.65. The van der Waals surface area contributed by atoms with Gasteiger partial charge in [0.2, 0.25) is 5.91 Å². The number of amides is 1. The molecular formula is C20H21ClF2N4O. The van der Waals surface area contributed by atoms with Crippen LogP contribution < -0.4 is 4.90 Å². The molecule has 0 radical (unpaired) electrons. The Balaban J connectivity index is 1.46. The Morgan fingerprint density at radius 3 is 2.86 bits per heavy atom. The zero-order chi connectivity index (χ0) is 20.0. The van der Waals surface area contributed by atoms with Crippen molar-refractivity contribution in [2.75, 3.05) is 18.0 Å². The summed E-state index contributed by atoms with van der Waals surface area (Å²) in [4.78, 5) is 25.1. The maximum Gasteiger partial charge on any atom is 0.280 e. The van der Waals surface area contributed by atoms with Gasteiger partial charge in [0.25, 0.3) is 6.43 Å². The first-order valence-electron chi connectivity index (χ1n) is 9.27. The van der Waals surface area contributed by atoms with Crippen LogP contribution in [0, 0.1) is 19.8 Å². The summed E-state index contributed by atoms with van der Waals surface area (Å²) in [5.41, 5.74) is 4.17. The van der Waals surface area contributed by atoms with E-state index in [1.807, 2.05) is 23.6 Å². The summed E-state index contributed by atoms with van der Waals surface area (Å²) in [7, 11) is 0. The molecule has 148 valence electrons. The lowest BCUT2D eigenvalue weighted by Gasteiger charge is -2.22. The molecule has 1 atom stereocenters. The highest BCUT2D eigenvalue weighted by Gasteiger charge is 2.35. The minimum atomic E-state index is -2.60. The van der Waals surface area contributed by atoms with Gasteiger partial charge in [-0.3, -0.25) is 14.8 Å². The standard InChI is InChI=1S/C20H21ClF2N4O/c1-11-15-9-27(10-17(15)25-12(2)18(11)21)20(28)13-4-6-26(8-13)14-3-5-24-16(7-14)19(22)23/h3,5,7,13,19H,4,6,8-10H2,1-2H3/t13-/m1/s1. The Morgan fingerprint density at radius 2 is 2.11 bits per heavy atom. The SMILES string of the molecule is Cc1nc2c(c(C)c1Cl)CN(C(=O)[C@@H]1CCN(c3ccnc(C(F)F)c3)C1)C2. The van der Waals surface area contributed by atoms with Crippen LogP contribution in [-0.2, 0) is 17.9 Å². The quantitative estimate of drug-likeness (QED) is 0.771. The molecule has 2 aromatic rings. The number of rotatable bonds is 3. The van der Waals surface area contributed by atoms with Crippen LogP contribution in [-0.4, -0.2) is 33.9 Å². The molecule has 0 unspecified atom stereocenters. The fourth-order valence-electron chi connectivity index (χ4n) is 4.07.